The minimum absolute atomic E-state index is 0.0161. The largest absolute Gasteiger partial charge is 0.453 e. The topological polar surface area (TPSA) is 38.3 Å². The van der Waals surface area contributed by atoms with Crippen molar-refractivity contribution in [2.75, 3.05) is 12.4 Å². The Balaban J connectivity index is 3.03. The van der Waals surface area contributed by atoms with Gasteiger partial charge >= 0.3 is 12.3 Å². The second-order valence-corrected chi connectivity index (χ2v) is 3.66. The molecule has 0 aliphatic heterocycles. The molecule has 16 heavy (non-hydrogen) atoms. The number of carbonyl (C=O) groups is 1. The van der Waals surface area contributed by atoms with Crippen LogP contribution in [0.15, 0.2) is 22.7 Å². The fourth-order valence-corrected chi connectivity index (χ4v) is 1.46. The molecular weight excluding hydrogens is 291 g/mol. The first kappa shape index (κ1) is 12.8. The molecule has 0 aliphatic carbocycles. The Labute approximate surface area is 97.7 Å². The van der Waals surface area contributed by atoms with Crippen LogP contribution >= 0.6 is 15.9 Å². The Hall–Kier alpha value is -1.24. The van der Waals surface area contributed by atoms with E-state index in [1.807, 2.05) is 0 Å². The number of amides is 1. The summed E-state index contributed by atoms with van der Waals surface area (Å²) in [7, 11) is 1.12. The summed E-state index contributed by atoms with van der Waals surface area (Å²) >= 11 is 2.79. The Bertz CT molecular complexity index is 406. The van der Waals surface area contributed by atoms with Gasteiger partial charge in [-0.05, 0) is 18.2 Å². The van der Waals surface area contributed by atoms with Crippen molar-refractivity contribution in [3.63, 3.8) is 0 Å². The Morgan fingerprint density at radius 2 is 2.06 bits per heavy atom. The number of hydrogen-bond acceptors (Lipinski definition) is 2. The first-order valence-electron chi connectivity index (χ1n) is 4.06. The number of rotatable bonds is 1. The minimum Gasteiger partial charge on any atom is -0.453 e. The number of nitrogens with one attached hydrogen (secondary N) is 1. The average molecular weight is 298 g/mol. The van der Waals surface area contributed by atoms with E-state index in [9.17, 15) is 18.0 Å². The number of methoxy groups -OCH3 is 1. The van der Waals surface area contributed by atoms with E-state index in [2.05, 4.69) is 26.0 Å². The van der Waals surface area contributed by atoms with Gasteiger partial charge < -0.3 is 4.74 Å². The maximum absolute atomic E-state index is 12.5. The minimum atomic E-state index is -4.48. The number of ether oxygens (including phenoxy) is 1. The highest BCUT2D eigenvalue weighted by Crippen LogP contribution is 2.36. The summed E-state index contributed by atoms with van der Waals surface area (Å²) in [4.78, 5) is 10.8. The smallest absolute Gasteiger partial charge is 0.417 e. The van der Waals surface area contributed by atoms with E-state index >= 15 is 0 Å². The SMILES string of the molecule is COC(=O)Nc1ccc(Br)c(C(F)(F)F)c1. The van der Waals surface area contributed by atoms with Crippen molar-refractivity contribution < 1.29 is 22.7 Å². The molecule has 1 aromatic carbocycles. The molecule has 7 heteroatoms. The van der Waals surface area contributed by atoms with Gasteiger partial charge in [0.2, 0.25) is 0 Å². The molecule has 0 aromatic heterocycles. The molecule has 1 amide bonds. The summed E-state index contributed by atoms with van der Waals surface area (Å²) in [6.07, 6.45) is -5.30. The van der Waals surface area contributed by atoms with Crippen LogP contribution in [0.25, 0.3) is 0 Å². The molecule has 0 bridgehead atoms. The third kappa shape index (κ3) is 3.13. The van der Waals surface area contributed by atoms with Crippen LogP contribution in [-0.4, -0.2) is 13.2 Å². The van der Waals surface area contributed by atoms with E-state index in [0.29, 0.717) is 0 Å². The van der Waals surface area contributed by atoms with E-state index in [0.717, 1.165) is 13.2 Å². The van der Waals surface area contributed by atoms with Crippen LogP contribution in [0.5, 0.6) is 0 Å². The lowest BCUT2D eigenvalue weighted by atomic mass is 10.2. The molecular formula is C9H7BrF3NO2. The molecule has 1 rings (SSSR count). The Morgan fingerprint density at radius 1 is 1.44 bits per heavy atom. The number of alkyl halides is 3. The zero-order valence-electron chi connectivity index (χ0n) is 8.06. The van der Waals surface area contributed by atoms with Crippen molar-refractivity contribution in [3.8, 4) is 0 Å². The van der Waals surface area contributed by atoms with E-state index in [4.69, 9.17) is 0 Å². The fourth-order valence-electron chi connectivity index (χ4n) is 0.989. The zero-order chi connectivity index (χ0) is 12.3. The molecule has 1 N–H and O–H groups in total. The van der Waals surface area contributed by atoms with Crippen LogP contribution in [0, 0.1) is 0 Å². The predicted molar refractivity (Wildman–Crippen MR) is 55.2 cm³/mol. The maximum atomic E-state index is 12.5. The van der Waals surface area contributed by atoms with Gasteiger partial charge in [0, 0.05) is 10.2 Å². The van der Waals surface area contributed by atoms with Crippen molar-refractivity contribution in [2.24, 2.45) is 0 Å². The molecule has 0 unspecified atom stereocenters. The summed E-state index contributed by atoms with van der Waals surface area (Å²) < 4.78 is 41.6. The number of carbonyl (C=O) groups excluding carboxylic acids is 1. The number of hydrogen-bond donors (Lipinski definition) is 1. The van der Waals surface area contributed by atoms with Crippen LogP contribution < -0.4 is 5.32 Å². The Kier molecular flexibility index (Phi) is 3.79. The number of anilines is 1. The third-order valence-corrected chi connectivity index (χ3v) is 2.40. The lowest BCUT2D eigenvalue weighted by molar-refractivity contribution is -0.138. The molecule has 3 nitrogen and oxygen atoms in total. The van der Waals surface area contributed by atoms with Gasteiger partial charge in [-0.2, -0.15) is 13.2 Å². The molecule has 88 valence electrons. The predicted octanol–water partition coefficient (Wildman–Crippen LogP) is 3.65. The van der Waals surface area contributed by atoms with Gasteiger partial charge in [0.15, 0.2) is 0 Å². The highest BCUT2D eigenvalue weighted by Gasteiger charge is 2.33. The van der Waals surface area contributed by atoms with Crippen molar-refractivity contribution in [1.82, 2.24) is 0 Å². The fraction of sp³-hybridized carbons (Fsp3) is 0.222. The van der Waals surface area contributed by atoms with Crippen LogP contribution in [-0.2, 0) is 10.9 Å². The highest BCUT2D eigenvalue weighted by atomic mass is 79.9. The van der Waals surface area contributed by atoms with Crippen molar-refractivity contribution in [3.05, 3.63) is 28.2 Å². The molecule has 0 heterocycles. The zero-order valence-corrected chi connectivity index (χ0v) is 9.65. The first-order chi connectivity index (χ1) is 7.34. The lowest BCUT2D eigenvalue weighted by Crippen LogP contribution is -2.12. The van der Waals surface area contributed by atoms with Crippen LogP contribution in [0.4, 0.5) is 23.7 Å². The molecule has 0 aliphatic rings. The highest BCUT2D eigenvalue weighted by molar-refractivity contribution is 9.10. The molecule has 0 atom stereocenters. The summed E-state index contributed by atoms with van der Waals surface area (Å²) in [6, 6.07) is 3.35. The monoisotopic (exact) mass is 297 g/mol. The van der Waals surface area contributed by atoms with Gasteiger partial charge in [-0.15, -0.1) is 0 Å². The number of benzene rings is 1. The second-order valence-electron chi connectivity index (χ2n) is 2.81. The summed E-state index contributed by atoms with van der Waals surface area (Å²) in [5.41, 5.74) is -0.844. The molecule has 0 radical (unpaired) electrons. The molecule has 0 saturated heterocycles. The van der Waals surface area contributed by atoms with Crippen molar-refractivity contribution in [1.29, 1.82) is 0 Å². The summed E-state index contributed by atoms with van der Waals surface area (Å²) in [6.45, 7) is 0. The molecule has 0 fully saturated rings. The molecule has 0 saturated carbocycles. The van der Waals surface area contributed by atoms with Crippen LogP contribution in [0.1, 0.15) is 5.56 Å². The maximum Gasteiger partial charge on any atom is 0.417 e. The van der Waals surface area contributed by atoms with Crippen molar-refractivity contribution in [2.45, 2.75) is 6.18 Å². The van der Waals surface area contributed by atoms with Crippen molar-refractivity contribution >= 4 is 27.7 Å². The van der Waals surface area contributed by atoms with Gasteiger partial charge in [-0.1, -0.05) is 15.9 Å². The van der Waals surface area contributed by atoms with Gasteiger partial charge in [0.1, 0.15) is 0 Å². The normalized spacial score (nSPS) is 11.1. The molecule has 1 aromatic rings. The standard InChI is InChI=1S/C9H7BrF3NO2/c1-16-8(15)14-5-2-3-7(10)6(4-5)9(11,12)13/h2-4H,1H3,(H,14,15). The Morgan fingerprint density at radius 3 is 2.56 bits per heavy atom. The summed E-state index contributed by atoms with van der Waals surface area (Å²) in [5.74, 6) is 0. The van der Waals surface area contributed by atoms with Crippen LogP contribution in [0.2, 0.25) is 0 Å². The van der Waals surface area contributed by atoms with E-state index in [1.54, 1.807) is 0 Å². The quantitative estimate of drug-likeness (QED) is 0.859. The van der Waals surface area contributed by atoms with Gasteiger partial charge in [-0.25, -0.2) is 4.79 Å². The van der Waals surface area contributed by atoms with E-state index < -0.39 is 17.8 Å². The lowest BCUT2D eigenvalue weighted by Gasteiger charge is -2.11. The van der Waals surface area contributed by atoms with Gasteiger partial charge in [-0.3, -0.25) is 5.32 Å². The third-order valence-electron chi connectivity index (χ3n) is 1.70. The average Bonchev–Trinajstić information content (AvgIpc) is 2.19. The molecule has 0 spiro atoms. The van der Waals surface area contributed by atoms with Gasteiger partial charge in [0.05, 0.1) is 12.7 Å². The summed E-state index contributed by atoms with van der Waals surface area (Å²) in [5, 5.41) is 2.15. The van der Waals surface area contributed by atoms with E-state index in [-0.39, 0.29) is 10.2 Å². The van der Waals surface area contributed by atoms with Gasteiger partial charge in [0.25, 0.3) is 0 Å². The first-order valence-corrected chi connectivity index (χ1v) is 4.85. The second kappa shape index (κ2) is 4.73. The number of halogens is 4. The van der Waals surface area contributed by atoms with Crippen LogP contribution in [0.3, 0.4) is 0 Å². The van der Waals surface area contributed by atoms with E-state index in [1.165, 1.54) is 12.1 Å².